The number of rotatable bonds is 3. The zero-order chi connectivity index (χ0) is 15.7. The number of nitrogens with one attached hydrogen (secondary N) is 1. The molecule has 1 aliphatic rings. The van der Waals surface area contributed by atoms with E-state index in [0.717, 1.165) is 12.4 Å². The molecule has 1 fully saturated rings. The number of hydrogen-bond acceptors (Lipinski definition) is 4. The molecule has 1 amide bonds. The van der Waals surface area contributed by atoms with E-state index < -0.39 is 0 Å². The van der Waals surface area contributed by atoms with Crippen LogP contribution in [0.3, 0.4) is 0 Å². The predicted octanol–water partition coefficient (Wildman–Crippen LogP) is 1.41. The minimum atomic E-state index is -0.0644. The summed E-state index contributed by atoms with van der Waals surface area (Å²) in [6.07, 6.45) is 5.52. The van der Waals surface area contributed by atoms with E-state index in [4.69, 9.17) is 0 Å². The molecule has 0 radical (unpaired) electrons. The number of piperazine rings is 1. The Morgan fingerprint density at radius 3 is 2.78 bits per heavy atom. The Morgan fingerprint density at radius 1 is 1.39 bits per heavy atom. The molecule has 0 bridgehead atoms. The van der Waals surface area contributed by atoms with Gasteiger partial charge in [0, 0.05) is 51.3 Å². The Morgan fingerprint density at radius 2 is 2.17 bits per heavy atom. The van der Waals surface area contributed by atoms with Gasteiger partial charge in [0.1, 0.15) is 17.6 Å². The second-order valence-electron chi connectivity index (χ2n) is 5.89. The van der Waals surface area contributed by atoms with Crippen molar-refractivity contribution in [3.8, 4) is 0 Å². The summed E-state index contributed by atoms with van der Waals surface area (Å²) < 4.78 is 3.77. The van der Waals surface area contributed by atoms with E-state index in [0.29, 0.717) is 18.8 Å². The smallest absolute Gasteiger partial charge is 0.275 e. The highest BCUT2D eigenvalue weighted by atomic mass is 35.5. The molecule has 0 aliphatic carbocycles. The molecule has 0 saturated carbocycles. The fourth-order valence-corrected chi connectivity index (χ4v) is 2.76. The average molecular weight is 339 g/mol. The van der Waals surface area contributed by atoms with Crippen LogP contribution in [0, 0.1) is 0 Å². The first kappa shape index (κ1) is 17.5. The van der Waals surface area contributed by atoms with Crippen molar-refractivity contribution in [3.05, 3.63) is 36.2 Å². The van der Waals surface area contributed by atoms with Crippen molar-refractivity contribution in [3.63, 3.8) is 0 Å². The van der Waals surface area contributed by atoms with E-state index in [-0.39, 0.29) is 30.4 Å². The third-order valence-corrected chi connectivity index (χ3v) is 4.02. The largest absolute Gasteiger partial charge is 0.336 e. The van der Waals surface area contributed by atoms with Gasteiger partial charge in [-0.25, -0.2) is 4.98 Å². The number of nitrogens with zero attached hydrogens (tertiary/aromatic N) is 5. The minimum Gasteiger partial charge on any atom is -0.336 e. The number of imidazole rings is 1. The lowest BCUT2D eigenvalue weighted by Gasteiger charge is -2.35. The monoisotopic (exact) mass is 338 g/mol. The highest BCUT2D eigenvalue weighted by Gasteiger charge is 2.32. The maximum Gasteiger partial charge on any atom is 0.275 e. The fourth-order valence-electron chi connectivity index (χ4n) is 2.76. The molecule has 7 nitrogen and oxygen atoms in total. The molecule has 1 atom stereocenters. The standard InChI is InChI=1S/C15H22N6O.ClH/c1-11(2)21-7-4-12(18-21)15(22)20-9-5-16-10-13(20)14-17-6-8-19(14)3;/h4,6-8,11,13,16H,5,9-10H2,1-3H3;1H. The summed E-state index contributed by atoms with van der Waals surface area (Å²) in [5.74, 6) is 0.859. The average Bonchev–Trinajstić information content (AvgIpc) is 3.15. The van der Waals surface area contributed by atoms with Crippen molar-refractivity contribution >= 4 is 18.3 Å². The zero-order valence-corrected chi connectivity index (χ0v) is 14.5. The van der Waals surface area contributed by atoms with Crippen LogP contribution in [0.15, 0.2) is 24.7 Å². The fraction of sp³-hybridized carbons (Fsp3) is 0.533. The first-order valence-electron chi connectivity index (χ1n) is 7.62. The molecule has 23 heavy (non-hydrogen) atoms. The van der Waals surface area contributed by atoms with Crippen molar-refractivity contribution in [2.45, 2.75) is 25.9 Å². The van der Waals surface area contributed by atoms with Crippen molar-refractivity contribution in [1.29, 1.82) is 0 Å². The van der Waals surface area contributed by atoms with Crippen LogP contribution in [0.4, 0.5) is 0 Å². The molecule has 0 spiro atoms. The van der Waals surface area contributed by atoms with Crippen LogP contribution in [-0.4, -0.2) is 49.8 Å². The quantitative estimate of drug-likeness (QED) is 0.918. The summed E-state index contributed by atoms with van der Waals surface area (Å²) >= 11 is 0. The summed E-state index contributed by atoms with van der Waals surface area (Å²) in [6.45, 7) is 6.25. The zero-order valence-electron chi connectivity index (χ0n) is 13.6. The lowest BCUT2D eigenvalue weighted by Crippen LogP contribution is -2.49. The normalized spacial score (nSPS) is 18.1. The molecule has 3 heterocycles. The molecule has 8 heteroatoms. The third kappa shape index (κ3) is 3.40. The lowest BCUT2D eigenvalue weighted by molar-refractivity contribution is 0.0613. The Bertz CT molecular complexity index is 664. The molecule has 126 valence electrons. The van der Waals surface area contributed by atoms with Crippen molar-refractivity contribution in [1.82, 2.24) is 29.5 Å². The summed E-state index contributed by atoms with van der Waals surface area (Å²) in [6, 6.07) is 1.97. The predicted molar refractivity (Wildman–Crippen MR) is 89.7 cm³/mol. The molecule has 2 aromatic rings. The van der Waals surface area contributed by atoms with Gasteiger partial charge in [0.25, 0.3) is 5.91 Å². The molecule has 1 N–H and O–H groups in total. The lowest BCUT2D eigenvalue weighted by atomic mass is 10.1. The van der Waals surface area contributed by atoms with E-state index in [1.165, 1.54) is 0 Å². The summed E-state index contributed by atoms with van der Waals surface area (Å²) in [5.41, 5.74) is 0.495. The molecule has 1 aliphatic heterocycles. The van der Waals surface area contributed by atoms with Crippen LogP contribution in [0.5, 0.6) is 0 Å². The summed E-state index contributed by atoms with van der Waals surface area (Å²) in [4.78, 5) is 19.1. The van der Waals surface area contributed by atoms with Gasteiger partial charge in [-0.15, -0.1) is 12.4 Å². The maximum atomic E-state index is 12.8. The Hall–Kier alpha value is -1.86. The number of carbonyl (C=O) groups excluding carboxylic acids is 1. The number of aryl methyl sites for hydroxylation is 1. The van der Waals surface area contributed by atoms with Crippen LogP contribution in [0.25, 0.3) is 0 Å². The first-order valence-corrected chi connectivity index (χ1v) is 7.62. The maximum absolute atomic E-state index is 12.8. The first-order chi connectivity index (χ1) is 10.6. The van der Waals surface area contributed by atoms with Crippen LogP contribution in [-0.2, 0) is 7.05 Å². The summed E-state index contributed by atoms with van der Waals surface area (Å²) in [7, 11) is 1.95. The van der Waals surface area contributed by atoms with Crippen LogP contribution in [0.1, 0.15) is 42.2 Å². The highest BCUT2D eigenvalue weighted by molar-refractivity contribution is 5.92. The summed E-state index contributed by atoms with van der Waals surface area (Å²) in [5, 5.41) is 7.74. The van der Waals surface area contributed by atoms with Crippen LogP contribution in [0.2, 0.25) is 0 Å². The van der Waals surface area contributed by atoms with E-state index in [1.54, 1.807) is 12.3 Å². The minimum absolute atomic E-state index is 0. The van der Waals surface area contributed by atoms with E-state index in [2.05, 4.69) is 15.4 Å². The molecule has 3 rings (SSSR count). The van der Waals surface area contributed by atoms with E-state index >= 15 is 0 Å². The second kappa shape index (κ2) is 7.14. The van der Waals surface area contributed by atoms with Gasteiger partial charge in [-0.1, -0.05) is 0 Å². The Balaban J connectivity index is 0.00000192. The van der Waals surface area contributed by atoms with Crippen molar-refractivity contribution < 1.29 is 4.79 Å². The molecular formula is C15H23ClN6O. The molecule has 1 unspecified atom stereocenters. The Kier molecular flexibility index (Phi) is 5.43. The van der Waals surface area contributed by atoms with Crippen molar-refractivity contribution in [2.24, 2.45) is 7.05 Å². The van der Waals surface area contributed by atoms with Crippen molar-refractivity contribution in [2.75, 3.05) is 19.6 Å². The van der Waals surface area contributed by atoms with Crippen LogP contribution < -0.4 is 5.32 Å². The molecule has 2 aromatic heterocycles. The van der Waals surface area contributed by atoms with E-state index in [1.807, 2.05) is 47.4 Å². The topological polar surface area (TPSA) is 68.0 Å². The van der Waals surface area contributed by atoms with Crippen LogP contribution >= 0.6 is 12.4 Å². The Labute approximate surface area is 142 Å². The number of amides is 1. The van der Waals surface area contributed by atoms with E-state index in [9.17, 15) is 4.79 Å². The number of aromatic nitrogens is 4. The van der Waals surface area contributed by atoms with Gasteiger partial charge < -0.3 is 14.8 Å². The van der Waals surface area contributed by atoms with Gasteiger partial charge in [0.05, 0.1) is 0 Å². The SMILES string of the molecule is CC(C)n1ccc(C(=O)N2CCNCC2c2nccn2C)n1.Cl. The highest BCUT2D eigenvalue weighted by Crippen LogP contribution is 2.22. The van der Waals surface area contributed by atoms with Gasteiger partial charge in [-0.05, 0) is 19.9 Å². The molecule has 1 saturated heterocycles. The van der Waals surface area contributed by atoms with Gasteiger partial charge in [0.2, 0.25) is 0 Å². The number of hydrogen-bond donors (Lipinski definition) is 1. The molecular weight excluding hydrogens is 316 g/mol. The van der Waals surface area contributed by atoms with Gasteiger partial charge >= 0.3 is 0 Å². The number of halogens is 1. The van der Waals surface area contributed by atoms with Gasteiger partial charge in [-0.2, -0.15) is 5.10 Å². The second-order valence-corrected chi connectivity index (χ2v) is 5.89. The molecule has 0 aromatic carbocycles. The van der Waals surface area contributed by atoms with Gasteiger partial charge in [-0.3, -0.25) is 9.48 Å². The number of carbonyl (C=O) groups is 1. The van der Waals surface area contributed by atoms with Gasteiger partial charge in [0.15, 0.2) is 0 Å². The third-order valence-electron chi connectivity index (χ3n) is 4.02.